The van der Waals surface area contributed by atoms with Crippen molar-refractivity contribution in [1.82, 2.24) is 14.7 Å². The predicted octanol–water partition coefficient (Wildman–Crippen LogP) is 4.49. The molecule has 26 heavy (non-hydrogen) atoms. The molecule has 2 aromatic rings. The summed E-state index contributed by atoms with van der Waals surface area (Å²) in [6.45, 7) is 3.29. The SMILES string of the molecule is CC(CN1C2CC3CC1CC(C#N)(C3)C2)c1nn(C)c2cccc(Cl)c12. The van der Waals surface area contributed by atoms with Crippen LogP contribution in [0.15, 0.2) is 18.2 Å². The fourth-order valence-corrected chi connectivity index (χ4v) is 6.46. The molecule has 4 nitrogen and oxygen atoms in total. The maximum atomic E-state index is 9.73. The highest BCUT2D eigenvalue weighted by molar-refractivity contribution is 6.35. The number of piperidine rings is 2. The Labute approximate surface area is 159 Å². The number of nitrogens with zero attached hydrogens (tertiary/aromatic N) is 4. The highest BCUT2D eigenvalue weighted by atomic mass is 35.5. The van der Waals surface area contributed by atoms with Gasteiger partial charge in [-0.3, -0.25) is 9.58 Å². The molecule has 136 valence electrons. The fourth-order valence-electron chi connectivity index (χ4n) is 6.19. The zero-order chi connectivity index (χ0) is 18.1. The molecule has 4 aliphatic rings. The molecule has 2 aliphatic heterocycles. The lowest BCUT2D eigenvalue weighted by atomic mass is 9.56. The Kier molecular flexibility index (Phi) is 3.64. The van der Waals surface area contributed by atoms with Gasteiger partial charge in [-0.05, 0) is 50.2 Å². The molecule has 0 spiro atoms. The molecule has 3 atom stereocenters. The van der Waals surface area contributed by atoms with E-state index in [1.807, 2.05) is 23.9 Å². The number of rotatable bonds is 3. The quantitative estimate of drug-likeness (QED) is 0.801. The Morgan fingerprint density at radius 2 is 2.04 bits per heavy atom. The molecule has 2 saturated heterocycles. The van der Waals surface area contributed by atoms with Crippen molar-refractivity contribution in [2.45, 2.75) is 57.0 Å². The molecule has 1 aromatic heterocycles. The van der Waals surface area contributed by atoms with E-state index < -0.39 is 0 Å². The van der Waals surface area contributed by atoms with Gasteiger partial charge in [0.05, 0.1) is 27.7 Å². The monoisotopic (exact) mass is 368 g/mol. The van der Waals surface area contributed by atoms with Gasteiger partial charge >= 0.3 is 0 Å². The second-order valence-electron chi connectivity index (χ2n) is 8.89. The van der Waals surface area contributed by atoms with Gasteiger partial charge in [0.15, 0.2) is 0 Å². The highest BCUT2D eigenvalue weighted by Crippen LogP contribution is 2.56. The summed E-state index contributed by atoms with van der Waals surface area (Å²) in [6, 6.07) is 9.88. The number of nitriles is 1. The Hall–Kier alpha value is -1.57. The van der Waals surface area contributed by atoms with Crippen molar-refractivity contribution in [3.05, 3.63) is 28.9 Å². The van der Waals surface area contributed by atoms with E-state index in [1.165, 1.54) is 12.8 Å². The highest BCUT2D eigenvalue weighted by Gasteiger charge is 2.54. The van der Waals surface area contributed by atoms with E-state index in [-0.39, 0.29) is 5.41 Å². The predicted molar refractivity (Wildman–Crippen MR) is 103 cm³/mol. The smallest absolute Gasteiger partial charge is 0.0759 e. The van der Waals surface area contributed by atoms with Gasteiger partial charge in [0, 0.05) is 37.0 Å². The fraction of sp³-hybridized carbons (Fsp3) is 0.619. The summed E-state index contributed by atoms with van der Waals surface area (Å²) in [6.07, 6.45) is 5.81. The van der Waals surface area contributed by atoms with E-state index in [9.17, 15) is 5.26 Å². The molecule has 4 bridgehead atoms. The van der Waals surface area contributed by atoms with Crippen molar-refractivity contribution in [2.75, 3.05) is 6.54 Å². The van der Waals surface area contributed by atoms with Gasteiger partial charge in [-0.15, -0.1) is 0 Å². The number of fused-ring (bicyclic) bond motifs is 1. The van der Waals surface area contributed by atoms with Crippen LogP contribution in [0.1, 0.15) is 50.6 Å². The van der Waals surface area contributed by atoms with Crippen molar-refractivity contribution >= 4 is 22.5 Å². The summed E-state index contributed by atoms with van der Waals surface area (Å²) < 4.78 is 1.95. The third kappa shape index (κ3) is 2.33. The number of benzene rings is 1. The van der Waals surface area contributed by atoms with E-state index >= 15 is 0 Å². The third-order valence-corrected chi connectivity index (χ3v) is 7.44. The topological polar surface area (TPSA) is 44.9 Å². The Morgan fingerprint density at radius 1 is 1.31 bits per heavy atom. The molecular formula is C21H25ClN4. The first-order chi connectivity index (χ1) is 12.5. The number of aromatic nitrogens is 2. The summed E-state index contributed by atoms with van der Waals surface area (Å²) in [5.41, 5.74) is 2.18. The van der Waals surface area contributed by atoms with E-state index in [4.69, 9.17) is 16.7 Å². The summed E-state index contributed by atoms with van der Waals surface area (Å²) in [4.78, 5) is 2.70. The second kappa shape index (κ2) is 5.71. The van der Waals surface area contributed by atoms with Gasteiger partial charge in [0.1, 0.15) is 0 Å². The zero-order valence-corrected chi connectivity index (χ0v) is 16.2. The first kappa shape index (κ1) is 16.6. The molecule has 0 amide bonds. The average molecular weight is 369 g/mol. The van der Waals surface area contributed by atoms with Crippen LogP contribution in [-0.4, -0.2) is 33.3 Å². The van der Waals surface area contributed by atoms with Crippen molar-refractivity contribution in [3.63, 3.8) is 0 Å². The van der Waals surface area contributed by atoms with Crippen LogP contribution in [0.25, 0.3) is 10.9 Å². The number of hydrogen-bond donors (Lipinski definition) is 0. The Morgan fingerprint density at radius 3 is 2.73 bits per heavy atom. The van der Waals surface area contributed by atoms with Crippen LogP contribution < -0.4 is 0 Å². The minimum atomic E-state index is -0.0305. The first-order valence-electron chi connectivity index (χ1n) is 9.78. The molecule has 1 aromatic carbocycles. The largest absolute Gasteiger partial charge is 0.297 e. The molecular weight excluding hydrogens is 344 g/mol. The van der Waals surface area contributed by atoms with Crippen molar-refractivity contribution in [2.24, 2.45) is 18.4 Å². The standard InChI is InChI=1S/C21H25ClN4/c1-13(20-19-17(22)4-3-5-18(19)25(2)24-20)11-26-15-6-14-7-16(26)10-21(8-14,9-15)12-23/h3-5,13-16H,6-11H2,1-2H3. The summed E-state index contributed by atoms with van der Waals surface area (Å²) in [5, 5.41) is 16.4. The van der Waals surface area contributed by atoms with E-state index in [0.29, 0.717) is 18.0 Å². The zero-order valence-electron chi connectivity index (χ0n) is 15.5. The van der Waals surface area contributed by atoms with Gasteiger partial charge in [0.25, 0.3) is 0 Å². The van der Waals surface area contributed by atoms with Gasteiger partial charge in [-0.2, -0.15) is 10.4 Å². The molecule has 4 fully saturated rings. The lowest BCUT2D eigenvalue weighted by Gasteiger charge is -2.59. The number of aryl methyl sites for hydroxylation is 1. The maximum absolute atomic E-state index is 9.73. The van der Waals surface area contributed by atoms with Crippen molar-refractivity contribution in [1.29, 1.82) is 5.26 Å². The average Bonchev–Trinajstić information content (AvgIpc) is 2.96. The van der Waals surface area contributed by atoms with Gasteiger partial charge in [-0.25, -0.2) is 0 Å². The van der Waals surface area contributed by atoms with E-state index in [1.54, 1.807) is 0 Å². The summed E-state index contributed by atoms with van der Waals surface area (Å²) in [5.74, 6) is 1.10. The molecule has 3 unspecified atom stereocenters. The Bertz CT molecular complexity index is 895. The molecule has 6 rings (SSSR count). The molecule has 5 heteroatoms. The normalized spacial score (nSPS) is 34.3. The maximum Gasteiger partial charge on any atom is 0.0759 e. The van der Waals surface area contributed by atoms with Crippen LogP contribution in [0.5, 0.6) is 0 Å². The van der Waals surface area contributed by atoms with Gasteiger partial charge in [-0.1, -0.05) is 24.6 Å². The van der Waals surface area contributed by atoms with Crippen LogP contribution in [0.2, 0.25) is 5.02 Å². The molecule has 2 saturated carbocycles. The number of hydrogen-bond acceptors (Lipinski definition) is 3. The van der Waals surface area contributed by atoms with Crippen LogP contribution in [0.4, 0.5) is 0 Å². The van der Waals surface area contributed by atoms with Crippen molar-refractivity contribution < 1.29 is 0 Å². The minimum Gasteiger partial charge on any atom is -0.297 e. The van der Waals surface area contributed by atoms with Crippen molar-refractivity contribution in [3.8, 4) is 6.07 Å². The van der Waals surface area contributed by atoms with Gasteiger partial charge in [0.2, 0.25) is 0 Å². The van der Waals surface area contributed by atoms with E-state index in [0.717, 1.165) is 53.3 Å². The van der Waals surface area contributed by atoms with Crippen LogP contribution in [0.3, 0.4) is 0 Å². The molecule has 3 heterocycles. The van der Waals surface area contributed by atoms with Crippen LogP contribution in [0, 0.1) is 22.7 Å². The number of halogens is 1. The third-order valence-electron chi connectivity index (χ3n) is 7.12. The lowest BCUT2D eigenvalue weighted by molar-refractivity contribution is -0.0868. The summed E-state index contributed by atoms with van der Waals surface area (Å²) >= 11 is 6.52. The molecule has 2 aliphatic carbocycles. The van der Waals surface area contributed by atoms with Gasteiger partial charge < -0.3 is 0 Å². The second-order valence-corrected chi connectivity index (χ2v) is 9.30. The lowest BCUT2D eigenvalue weighted by Crippen LogP contribution is -2.62. The van der Waals surface area contributed by atoms with Crippen LogP contribution in [-0.2, 0) is 7.05 Å². The summed E-state index contributed by atoms with van der Waals surface area (Å²) in [7, 11) is 1.99. The van der Waals surface area contributed by atoms with Crippen LogP contribution >= 0.6 is 11.6 Å². The Balaban J connectivity index is 1.44. The first-order valence-corrected chi connectivity index (χ1v) is 10.2. The molecule has 0 radical (unpaired) electrons. The minimum absolute atomic E-state index is 0.0305. The van der Waals surface area contributed by atoms with E-state index in [2.05, 4.69) is 24.0 Å². The molecule has 0 N–H and O–H groups in total.